The molecule has 0 atom stereocenters. The number of carbonyl (C=O) groups excluding carboxylic acids is 1. The van der Waals surface area contributed by atoms with Gasteiger partial charge in [0, 0.05) is 41.2 Å². The molecular formula is C17H20Cl2N4O2. The highest BCUT2D eigenvalue weighted by Gasteiger charge is 2.27. The lowest BCUT2D eigenvalue weighted by molar-refractivity contribution is -0.125. The average Bonchev–Trinajstić information content (AvgIpc) is 3.09. The molecule has 2 aromatic rings. The monoisotopic (exact) mass is 382 g/mol. The van der Waals surface area contributed by atoms with E-state index in [2.05, 4.69) is 15.5 Å². The van der Waals surface area contributed by atoms with Crippen molar-refractivity contribution in [2.24, 2.45) is 5.92 Å². The second-order valence-corrected chi connectivity index (χ2v) is 6.98. The highest BCUT2D eigenvalue weighted by molar-refractivity contribution is 6.35. The van der Waals surface area contributed by atoms with Crippen molar-refractivity contribution >= 4 is 35.1 Å². The minimum atomic E-state index is 0.0527. The number of hydrogen-bond acceptors (Lipinski definition) is 5. The van der Waals surface area contributed by atoms with Crippen molar-refractivity contribution in [1.82, 2.24) is 15.5 Å². The molecule has 1 saturated heterocycles. The third-order valence-electron chi connectivity index (χ3n) is 4.22. The summed E-state index contributed by atoms with van der Waals surface area (Å²) in [5, 5.41) is 8.02. The van der Waals surface area contributed by atoms with Crippen molar-refractivity contribution in [2.75, 3.05) is 24.5 Å². The quantitative estimate of drug-likeness (QED) is 0.851. The third kappa shape index (κ3) is 4.44. The summed E-state index contributed by atoms with van der Waals surface area (Å²) in [6.45, 7) is 4.20. The molecule has 0 saturated carbocycles. The molecule has 1 aromatic heterocycles. The lowest BCUT2D eigenvalue weighted by Gasteiger charge is -2.29. The Hall–Kier alpha value is -1.79. The van der Waals surface area contributed by atoms with Crippen LogP contribution in [0.1, 0.15) is 26.2 Å². The van der Waals surface area contributed by atoms with Gasteiger partial charge in [0.15, 0.2) is 0 Å². The maximum atomic E-state index is 12.0. The number of aromatic nitrogens is 2. The average molecular weight is 383 g/mol. The van der Waals surface area contributed by atoms with Crippen molar-refractivity contribution < 1.29 is 9.32 Å². The highest BCUT2D eigenvalue weighted by atomic mass is 35.5. The summed E-state index contributed by atoms with van der Waals surface area (Å²) < 4.78 is 5.38. The first-order valence-electron chi connectivity index (χ1n) is 8.39. The van der Waals surface area contributed by atoms with Crippen LogP contribution in [0.2, 0.25) is 10.0 Å². The molecule has 2 heterocycles. The van der Waals surface area contributed by atoms with E-state index in [1.54, 1.807) is 18.2 Å². The van der Waals surface area contributed by atoms with Gasteiger partial charge in [-0.2, -0.15) is 4.98 Å². The van der Waals surface area contributed by atoms with Gasteiger partial charge < -0.3 is 14.7 Å². The van der Waals surface area contributed by atoms with Gasteiger partial charge in [0.2, 0.25) is 11.7 Å². The van der Waals surface area contributed by atoms with Crippen LogP contribution >= 0.6 is 23.2 Å². The lowest BCUT2D eigenvalue weighted by atomic mass is 9.96. The number of carbonyl (C=O) groups is 1. The molecule has 1 fully saturated rings. The molecule has 1 aliphatic heterocycles. The summed E-state index contributed by atoms with van der Waals surface area (Å²) in [5.74, 6) is 0.639. The molecule has 3 rings (SSSR count). The molecule has 0 unspecified atom stereocenters. The van der Waals surface area contributed by atoms with Crippen molar-refractivity contribution in [3.63, 3.8) is 0 Å². The Bertz CT molecular complexity index is 722. The van der Waals surface area contributed by atoms with Gasteiger partial charge in [0.25, 0.3) is 0 Å². The molecular weight excluding hydrogens is 363 g/mol. The molecule has 1 amide bonds. The maximum Gasteiger partial charge on any atom is 0.324 e. The van der Waals surface area contributed by atoms with Gasteiger partial charge in [-0.1, -0.05) is 35.3 Å². The first kappa shape index (κ1) is 18.0. The first-order valence-corrected chi connectivity index (χ1v) is 9.15. The zero-order valence-corrected chi connectivity index (χ0v) is 15.5. The number of anilines is 1. The van der Waals surface area contributed by atoms with Crippen LogP contribution in [0.4, 0.5) is 6.01 Å². The zero-order valence-electron chi connectivity index (χ0n) is 14.0. The third-order valence-corrected chi connectivity index (χ3v) is 4.66. The van der Waals surface area contributed by atoms with Gasteiger partial charge in [-0.3, -0.25) is 4.79 Å². The Labute approximate surface area is 156 Å². The van der Waals surface area contributed by atoms with Gasteiger partial charge >= 0.3 is 6.01 Å². The summed E-state index contributed by atoms with van der Waals surface area (Å²) >= 11 is 12.0. The van der Waals surface area contributed by atoms with Gasteiger partial charge in [-0.15, -0.1) is 0 Å². The number of piperidine rings is 1. The van der Waals surface area contributed by atoms with Crippen molar-refractivity contribution in [2.45, 2.75) is 26.2 Å². The summed E-state index contributed by atoms with van der Waals surface area (Å²) in [4.78, 5) is 18.5. The number of benzene rings is 1. The van der Waals surface area contributed by atoms with E-state index in [9.17, 15) is 4.79 Å². The van der Waals surface area contributed by atoms with E-state index in [1.165, 1.54) is 0 Å². The first-order chi connectivity index (χ1) is 12.1. The van der Waals surface area contributed by atoms with E-state index in [4.69, 9.17) is 27.7 Å². The van der Waals surface area contributed by atoms with Crippen LogP contribution in [0.5, 0.6) is 0 Å². The Morgan fingerprint density at radius 1 is 1.28 bits per heavy atom. The fourth-order valence-electron chi connectivity index (χ4n) is 2.87. The summed E-state index contributed by atoms with van der Waals surface area (Å²) in [7, 11) is 0. The second-order valence-electron chi connectivity index (χ2n) is 6.11. The summed E-state index contributed by atoms with van der Waals surface area (Å²) in [6, 6.07) is 5.60. The minimum absolute atomic E-state index is 0.0527. The Balaban J connectivity index is 1.63. The van der Waals surface area contributed by atoms with Crippen molar-refractivity contribution in [1.29, 1.82) is 0 Å². The number of halogens is 2. The minimum Gasteiger partial charge on any atom is -0.356 e. The van der Waals surface area contributed by atoms with Crippen molar-refractivity contribution in [3.05, 3.63) is 28.2 Å². The van der Waals surface area contributed by atoms with E-state index >= 15 is 0 Å². The highest BCUT2D eigenvalue weighted by Crippen LogP contribution is 2.28. The topological polar surface area (TPSA) is 71.3 Å². The predicted octanol–water partition coefficient (Wildman–Crippen LogP) is 3.79. The van der Waals surface area contributed by atoms with Crippen LogP contribution in [0.25, 0.3) is 11.4 Å². The molecule has 0 aliphatic carbocycles. The number of nitrogens with one attached hydrogen (secondary N) is 1. The van der Waals surface area contributed by atoms with E-state index in [1.807, 2.05) is 11.8 Å². The molecule has 6 nitrogen and oxygen atoms in total. The Morgan fingerprint density at radius 2 is 1.96 bits per heavy atom. The van der Waals surface area contributed by atoms with Gasteiger partial charge in [-0.25, -0.2) is 0 Å². The van der Waals surface area contributed by atoms with Gasteiger partial charge in [-0.05, 0) is 37.5 Å². The number of nitrogens with zero attached hydrogens (tertiary/aromatic N) is 3. The molecule has 1 aliphatic rings. The van der Waals surface area contributed by atoms with Crippen LogP contribution in [-0.2, 0) is 4.79 Å². The molecule has 134 valence electrons. The van der Waals surface area contributed by atoms with Crippen LogP contribution in [0.3, 0.4) is 0 Å². The predicted molar refractivity (Wildman–Crippen MR) is 98.0 cm³/mol. The van der Waals surface area contributed by atoms with E-state index < -0.39 is 0 Å². The van der Waals surface area contributed by atoms with E-state index in [0.717, 1.165) is 25.8 Å². The standard InChI is InChI=1S/C17H20Cl2N4O2/c1-2-5-20-16(24)11-3-6-23(7-4-11)17-21-15(22-25-17)12-8-13(18)10-14(19)9-12/h8-11H,2-7H2,1H3,(H,20,24). The summed E-state index contributed by atoms with van der Waals surface area (Å²) in [5.41, 5.74) is 0.710. The maximum absolute atomic E-state index is 12.0. The fraction of sp³-hybridized carbons (Fsp3) is 0.471. The van der Waals surface area contributed by atoms with E-state index in [-0.39, 0.29) is 11.8 Å². The molecule has 25 heavy (non-hydrogen) atoms. The largest absolute Gasteiger partial charge is 0.356 e. The molecule has 0 radical (unpaired) electrons. The number of amides is 1. The lowest BCUT2D eigenvalue weighted by Crippen LogP contribution is -2.40. The van der Waals surface area contributed by atoms with Gasteiger partial charge in [0.05, 0.1) is 0 Å². The van der Waals surface area contributed by atoms with Crippen LogP contribution in [0.15, 0.2) is 22.7 Å². The molecule has 0 spiro atoms. The van der Waals surface area contributed by atoms with Crippen molar-refractivity contribution in [3.8, 4) is 11.4 Å². The normalized spacial score (nSPS) is 15.4. The van der Waals surface area contributed by atoms with Crippen LogP contribution < -0.4 is 10.2 Å². The number of hydrogen-bond donors (Lipinski definition) is 1. The molecule has 1 N–H and O–H groups in total. The summed E-state index contributed by atoms with van der Waals surface area (Å²) in [6.07, 6.45) is 2.50. The molecule has 0 bridgehead atoms. The smallest absolute Gasteiger partial charge is 0.324 e. The van der Waals surface area contributed by atoms with E-state index in [0.29, 0.717) is 40.5 Å². The Kier molecular flexibility index (Phi) is 5.81. The molecule has 8 heteroatoms. The van der Waals surface area contributed by atoms with Crippen LogP contribution in [-0.4, -0.2) is 35.7 Å². The Morgan fingerprint density at radius 3 is 2.60 bits per heavy atom. The fourth-order valence-corrected chi connectivity index (χ4v) is 3.40. The van der Waals surface area contributed by atoms with Gasteiger partial charge in [0.1, 0.15) is 0 Å². The molecule has 1 aromatic carbocycles. The second kappa shape index (κ2) is 8.06. The van der Waals surface area contributed by atoms with Crippen LogP contribution in [0, 0.1) is 5.92 Å². The zero-order chi connectivity index (χ0) is 17.8. The SMILES string of the molecule is CCCNC(=O)C1CCN(c2nc(-c3cc(Cl)cc(Cl)c3)no2)CC1. The number of rotatable bonds is 5.